The zero-order valence-electron chi connectivity index (χ0n) is 22.7. The molecule has 1 fully saturated rings. The van der Waals surface area contributed by atoms with Crippen molar-refractivity contribution in [3.8, 4) is 0 Å². The third-order valence-corrected chi connectivity index (χ3v) is 7.99. The van der Waals surface area contributed by atoms with Crippen LogP contribution in [0.1, 0.15) is 69.1 Å². The zero-order chi connectivity index (χ0) is 26.9. The minimum Gasteiger partial charge on any atom is -0.348 e. The molecule has 1 amide bonds. The Morgan fingerprint density at radius 1 is 0.921 bits per heavy atom. The van der Waals surface area contributed by atoms with Crippen LogP contribution in [0.25, 0.3) is 6.08 Å². The Kier molecular flexibility index (Phi) is 7.49. The molecule has 9 heteroatoms. The Morgan fingerprint density at radius 2 is 1.58 bits per heavy atom. The normalized spacial score (nSPS) is 18.9. The summed E-state index contributed by atoms with van der Waals surface area (Å²) in [7, 11) is 0. The second-order valence-corrected chi connectivity index (χ2v) is 12.1. The number of amides is 1. The van der Waals surface area contributed by atoms with Crippen molar-refractivity contribution in [2.45, 2.75) is 52.1 Å². The molecule has 2 aliphatic heterocycles. The molecule has 0 spiro atoms. The molecule has 1 aromatic heterocycles. The van der Waals surface area contributed by atoms with E-state index in [4.69, 9.17) is 0 Å². The fourth-order valence-corrected chi connectivity index (χ4v) is 5.80. The lowest BCUT2D eigenvalue weighted by Crippen LogP contribution is -2.49. The van der Waals surface area contributed by atoms with Crippen molar-refractivity contribution in [2.24, 2.45) is 4.99 Å². The number of aliphatic imine (C=N–C) groups is 1. The van der Waals surface area contributed by atoms with Crippen LogP contribution in [-0.2, 0) is 10.3 Å². The molecule has 0 radical (unpaired) electrons. The van der Waals surface area contributed by atoms with E-state index in [0.717, 1.165) is 42.7 Å². The second kappa shape index (κ2) is 10.8. The lowest BCUT2D eigenvalue weighted by molar-refractivity contribution is -0.113. The summed E-state index contributed by atoms with van der Waals surface area (Å²) in [6.07, 6.45) is 1.92. The highest BCUT2D eigenvalue weighted by Gasteiger charge is 2.35. The van der Waals surface area contributed by atoms with Gasteiger partial charge < -0.3 is 4.90 Å². The van der Waals surface area contributed by atoms with Crippen molar-refractivity contribution in [1.29, 1.82) is 0 Å². The molecule has 8 nitrogen and oxygen atoms in total. The molecular weight excluding hydrogens is 494 g/mol. The number of benzene rings is 2. The third kappa shape index (κ3) is 5.59. The molecule has 3 heterocycles. The molecule has 2 aliphatic rings. The van der Waals surface area contributed by atoms with Gasteiger partial charge in [0.2, 0.25) is 0 Å². The Bertz CT molecular complexity index is 1330. The Balaban J connectivity index is 1.35. The Hall–Kier alpha value is -3.30. The van der Waals surface area contributed by atoms with Gasteiger partial charge in [0.1, 0.15) is 0 Å². The number of thioether (sulfide) groups is 1. The minimum atomic E-state index is -0.242. The van der Waals surface area contributed by atoms with E-state index in [0.29, 0.717) is 10.8 Å². The summed E-state index contributed by atoms with van der Waals surface area (Å²) in [4.78, 5) is 22.3. The van der Waals surface area contributed by atoms with Crippen LogP contribution in [-0.4, -0.2) is 67.3 Å². The van der Waals surface area contributed by atoms with Crippen LogP contribution in [0.3, 0.4) is 0 Å². The zero-order valence-corrected chi connectivity index (χ0v) is 23.5. The topological polar surface area (TPSA) is 79.5 Å². The van der Waals surface area contributed by atoms with E-state index in [-0.39, 0.29) is 17.5 Å². The van der Waals surface area contributed by atoms with E-state index < -0.39 is 0 Å². The first-order chi connectivity index (χ1) is 18.2. The van der Waals surface area contributed by atoms with E-state index in [9.17, 15) is 4.79 Å². The highest BCUT2D eigenvalue weighted by atomic mass is 32.2. The number of carbonyl (C=O) groups excluding carboxylic acids is 1. The van der Waals surface area contributed by atoms with Crippen LogP contribution >= 0.6 is 11.8 Å². The van der Waals surface area contributed by atoms with Gasteiger partial charge >= 0.3 is 0 Å². The molecule has 1 saturated heterocycles. The number of nitrogens with zero attached hydrogens (tertiary/aromatic N) is 7. The van der Waals surface area contributed by atoms with Gasteiger partial charge in [-0.2, -0.15) is 4.99 Å². The van der Waals surface area contributed by atoms with Crippen molar-refractivity contribution in [3.63, 3.8) is 0 Å². The summed E-state index contributed by atoms with van der Waals surface area (Å²) >= 11 is 1.47. The standard InChI is InChI=1S/C29H35N7OS/c1-20(2)22-11-13-23(14-12-22)25(26-31-32-33-36(26)29(3,4)5)34-15-17-35(18-16-34)28-30-27(37)24(38-28)19-21-9-7-6-8-10-21/h6-14,19-20,25H,15-18H2,1-5H3/b24-19-. The molecule has 0 bridgehead atoms. The maximum Gasteiger partial charge on any atom is 0.286 e. The number of piperazine rings is 1. The van der Waals surface area contributed by atoms with Crippen molar-refractivity contribution in [2.75, 3.05) is 26.2 Å². The van der Waals surface area contributed by atoms with Crippen LogP contribution in [0.5, 0.6) is 0 Å². The average molecular weight is 530 g/mol. The van der Waals surface area contributed by atoms with Gasteiger partial charge in [-0.25, -0.2) is 4.68 Å². The number of carbonyl (C=O) groups is 1. The number of amidine groups is 1. The van der Waals surface area contributed by atoms with E-state index in [1.165, 1.54) is 22.9 Å². The van der Waals surface area contributed by atoms with Gasteiger partial charge in [0.05, 0.1) is 16.5 Å². The second-order valence-electron chi connectivity index (χ2n) is 11.1. The van der Waals surface area contributed by atoms with Gasteiger partial charge in [0, 0.05) is 26.2 Å². The van der Waals surface area contributed by atoms with Crippen molar-refractivity contribution >= 4 is 28.9 Å². The molecule has 0 aliphatic carbocycles. The molecule has 5 rings (SSSR count). The number of hydrogen-bond donors (Lipinski definition) is 0. The van der Waals surface area contributed by atoms with Gasteiger partial charge in [-0.3, -0.25) is 9.69 Å². The van der Waals surface area contributed by atoms with Crippen LogP contribution in [0, 0.1) is 0 Å². The molecule has 198 valence electrons. The molecule has 3 aromatic rings. The molecule has 1 unspecified atom stereocenters. The number of rotatable bonds is 5. The predicted molar refractivity (Wildman–Crippen MR) is 153 cm³/mol. The summed E-state index contributed by atoms with van der Waals surface area (Å²) in [6.45, 7) is 13.9. The Labute approximate surface area is 228 Å². The highest BCUT2D eigenvalue weighted by molar-refractivity contribution is 8.18. The fourth-order valence-electron chi connectivity index (χ4n) is 4.83. The summed E-state index contributed by atoms with van der Waals surface area (Å²) < 4.78 is 1.94. The van der Waals surface area contributed by atoms with Crippen LogP contribution in [0.4, 0.5) is 0 Å². The largest absolute Gasteiger partial charge is 0.348 e. The molecule has 0 saturated carbocycles. The monoisotopic (exact) mass is 529 g/mol. The molecule has 1 atom stereocenters. The molecular formula is C29H35N7OS. The SMILES string of the molecule is CC(C)c1ccc(C(c2nnnn2C(C)(C)C)N2CCN(C3=NC(=O)/C(=C/c4ccccc4)S3)CC2)cc1. The van der Waals surface area contributed by atoms with Gasteiger partial charge in [-0.15, -0.1) is 5.10 Å². The lowest BCUT2D eigenvalue weighted by atomic mass is 9.97. The quantitative estimate of drug-likeness (QED) is 0.434. The molecule has 0 N–H and O–H groups in total. The number of hydrogen-bond acceptors (Lipinski definition) is 7. The highest BCUT2D eigenvalue weighted by Crippen LogP contribution is 2.34. The smallest absolute Gasteiger partial charge is 0.286 e. The van der Waals surface area contributed by atoms with Crippen molar-refractivity contribution in [3.05, 3.63) is 82.0 Å². The lowest BCUT2D eigenvalue weighted by Gasteiger charge is -2.40. The van der Waals surface area contributed by atoms with Gasteiger partial charge in [0.25, 0.3) is 5.91 Å². The number of aromatic nitrogens is 4. The van der Waals surface area contributed by atoms with E-state index >= 15 is 0 Å². The number of tetrazole rings is 1. The van der Waals surface area contributed by atoms with E-state index in [1.54, 1.807) is 0 Å². The van der Waals surface area contributed by atoms with Gasteiger partial charge in [-0.1, -0.05) is 68.4 Å². The van der Waals surface area contributed by atoms with E-state index in [2.05, 4.69) is 89.2 Å². The summed E-state index contributed by atoms with van der Waals surface area (Å²) in [5.41, 5.74) is 3.26. The maximum atomic E-state index is 12.6. The van der Waals surface area contributed by atoms with Gasteiger partial charge in [0.15, 0.2) is 11.0 Å². The average Bonchev–Trinajstić information content (AvgIpc) is 3.53. The van der Waals surface area contributed by atoms with Crippen molar-refractivity contribution < 1.29 is 4.79 Å². The first kappa shape index (κ1) is 26.3. The summed E-state index contributed by atoms with van der Waals surface area (Å²) in [6, 6.07) is 18.7. The minimum absolute atomic E-state index is 0.0686. The maximum absolute atomic E-state index is 12.6. The third-order valence-electron chi connectivity index (χ3n) is 6.95. The Morgan fingerprint density at radius 3 is 2.21 bits per heavy atom. The summed E-state index contributed by atoms with van der Waals surface area (Å²) in [5.74, 6) is 1.15. The van der Waals surface area contributed by atoms with Crippen molar-refractivity contribution in [1.82, 2.24) is 30.0 Å². The van der Waals surface area contributed by atoms with Crippen LogP contribution < -0.4 is 0 Å². The first-order valence-corrected chi connectivity index (χ1v) is 14.0. The van der Waals surface area contributed by atoms with Gasteiger partial charge in [-0.05, 0) is 71.6 Å². The van der Waals surface area contributed by atoms with Crippen LogP contribution in [0.15, 0.2) is 64.5 Å². The molecule has 38 heavy (non-hydrogen) atoms. The fraction of sp³-hybridized carbons (Fsp3) is 0.414. The first-order valence-electron chi connectivity index (χ1n) is 13.2. The van der Waals surface area contributed by atoms with E-state index in [1.807, 2.05) is 41.1 Å². The van der Waals surface area contributed by atoms with Crippen LogP contribution in [0.2, 0.25) is 0 Å². The predicted octanol–water partition coefficient (Wildman–Crippen LogP) is 4.93. The molecule has 2 aromatic carbocycles. The summed E-state index contributed by atoms with van der Waals surface area (Å²) in [5, 5.41) is 13.7.